The van der Waals surface area contributed by atoms with Crippen LogP contribution in [0.25, 0.3) is 0 Å². The second-order valence-corrected chi connectivity index (χ2v) is 9.33. The third kappa shape index (κ3) is 9.36. The van der Waals surface area contributed by atoms with Crippen LogP contribution in [0.2, 0.25) is 0 Å². The van der Waals surface area contributed by atoms with Gasteiger partial charge in [-0.1, -0.05) is 72.8 Å². The fourth-order valence-electron chi connectivity index (χ4n) is 3.79. The van der Waals surface area contributed by atoms with E-state index >= 15 is 0 Å². The molecule has 0 saturated carbocycles. The molecule has 216 valence electrons. The average molecular weight is 561 g/mol. The Kier molecular flexibility index (Phi) is 12.0. The molecule has 6 nitrogen and oxygen atoms in total. The minimum absolute atomic E-state index is 0.0191. The highest BCUT2D eigenvalue weighted by atomic mass is 19.4. The molecule has 0 bridgehead atoms. The zero-order valence-electron chi connectivity index (χ0n) is 22.7. The van der Waals surface area contributed by atoms with E-state index in [1.165, 1.54) is 0 Å². The van der Waals surface area contributed by atoms with E-state index < -0.39 is 31.0 Å². The van der Waals surface area contributed by atoms with Gasteiger partial charge in [-0.2, -0.15) is 13.2 Å². The summed E-state index contributed by atoms with van der Waals surface area (Å²) >= 11 is 0. The lowest BCUT2D eigenvalue weighted by Crippen LogP contribution is -2.58. The van der Waals surface area contributed by atoms with E-state index in [0.29, 0.717) is 30.6 Å². The molecule has 0 aromatic heterocycles. The van der Waals surface area contributed by atoms with Gasteiger partial charge in [-0.15, -0.1) is 0 Å². The van der Waals surface area contributed by atoms with Gasteiger partial charge >= 0.3 is 12.1 Å². The van der Waals surface area contributed by atoms with Gasteiger partial charge in [0.05, 0.1) is 33.0 Å². The van der Waals surface area contributed by atoms with Gasteiger partial charge in [0.1, 0.15) is 12.4 Å². The summed E-state index contributed by atoms with van der Waals surface area (Å²) < 4.78 is 70.2. The Morgan fingerprint density at radius 2 is 1.38 bits per heavy atom. The molecule has 0 heterocycles. The maximum Gasteiger partial charge on any atom is 0.430 e. The van der Waals surface area contributed by atoms with E-state index in [9.17, 15) is 18.0 Å². The fourth-order valence-corrected chi connectivity index (χ4v) is 3.79. The number of carbonyl (C=O) groups is 1. The molecule has 1 unspecified atom stereocenters. The SMILES string of the molecule is COc1ccc(CO[C@@H](C)CCCOCC(OCc2ccccc2)(C(=O)OCc2ccccc2)C(F)(F)F)cc1. The molecule has 0 fully saturated rings. The lowest BCUT2D eigenvalue weighted by atomic mass is 10.0. The van der Waals surface area contributed by atoms with Crippen LogP contribution in [-0.2, 0) is 43.6 Å². The predicted molar refractivity (Wildman–Crippen MR) is 144 cm³/mol. The summed E-state index contributed by atoms with van der Waals surface area (Å²) in [6.07, 6.45) is -4.25. The first kappa shape index (κ1) is 31.1. The van der Waals surface area contributed by atoms with Crippen molar-refractivity contribution in [1.82, 2.24) is 0 Å². The van der Waals surface area contributed by atoms with Crippen LogP contribution < -0.4 is 4.74 Å². The Morgan fingerprint density at radius 1 is 0.800 bits per heavy atom. The van der Waals surface area contributed by atoms with E-state index in [0.717, 1.165) is 11.3 Å². The molecule has 0 amide bonds. The average Bonchev–Trinajstić information content (AvgIpc) is 2.97. The Hall–Kier alpha value is -3.40. The van der Waals surface area contributed by atoms with Gasteiger partial charge in [0.2, 0.25) is 0 Å². The van der Waals surface area contributed by atoms with Gasteiger partial charge in [0.25, 0.3) is 5.60 Å². The number of rotatable bonds is 16. The first-order valence-electron chi connectivity index (χ1n) is 13.0. The molecule has 0 aliphatic rings. The molecule has 40 heavy (non-hydrogen) atoms. The van der Waals surface area contributed by atoms with Crippen LogP contribution in [0.1, 0.15) is 36.5 Å². The standard InChI is InChI=1S/C31H35F3O6/c1-24(38-20-27-15-17-28(36-2)18-16-27)10-9-19-37-23-30(31(32,33)34,40-22-26-13-7-4-8-14-26)29(35)39-21-25-11-5-3-6-12-25/h3-8,11-18,24H,9-10,19-23H2,1-2H3/t24-,30?/m0/s1. The number of ether oxygens (including phenoxy) is 5. The van der Waals surface area contributed by atoms with Crippen molar-refractivity contribution in [2.45, 2.75) is 57.5 Å². The zero-order chi connectivity index (χ0) is 28.8. The molecule has 9 heteroatoms. The van der Waals surface area contributed by atoms with Crippen LogP contribution in [-0.4, -0.2) is 44.2 Å². The molecule has 0 aliphatic heterocycles. The summed E-state index contributed by atoms with van der Waals surface area (Å²) in [6, 6.07) is 24.3. The largest absolute Gasteiger partial charge is 0.497 e. The lowest BCUT2D eigenvalue weighted by molar-refractivity contribution is -0.293. The number of carbonyl (C=O) groups excluding carboxylic acids is 1. The Bertz CT molecular complexity index is 1140. The summed E-state index contributed by atoms with van der Waals surface area (Å²) in [6.45, 7) is 0.458. The summed E-state index contributed by atoms with van der Waals surface area (Å²) in [5, 5.41) is 0. The van der Waals surface area contributed by atoms with Crippen LogP contribution in [0, 0.1) is 0 Å². The van der Waals surface area contributed by atoms with Crippen molar-refractivity contribution in [2.24, 2.45) is 0 Å². The van der Waals surface area contributed by atoms with Crippen molar-refractivity contribution in [2.75, 3.05) is 20.3 Å². The van der Waals surface area contributed by atoms with Crippen molar-refractivity contribution in [3.8, 4) is 5.75 Å². The van der Waals surface area contributed by atoms with E-state index in [-0.39, 0.29) is 19.3 Å². The van der Waals surface area contributed by atoms with Gasteiger partial charge in [-0.3, -0.25) is 0 Å². The van der Waals surface area contributed by atoms with Crippen molar-refractivity contribution in [3.05, 3.63) is 102 Å². The molecule has 3 aromatic carbocycles. The fraction of sp³-hybridized carbons (Fsp3) is 0.387. The van der Waals surface area contributed by atoms with Crippen molar-refractivity contribution in [1.29, 1.82) is 0 Å². The third-order valence-corrected chi connectivity index (χ3v) is 6.23. The summed E-state index contributed by atoms with van der Waals surface area (Å²) in [7, 11) is 1.59. The third-order valence-electron chi connectivity index (χ3n) is 6.23. The van der Waals surface area contributed by atoms with Gasteiger partial charge in [-0.25, -0.2) is 4.79 Å². The Labute approximate surface area is 233 Å². The molecule has 2 atom stereocenters. The van der Waals surface area contributed by atoms with Crippen molar-refractivity contribution in [3.63, 3.8) is 0 Å². The molecule has 3 aromatic rings. The van der Waals surface area contributed by atoms with Crippen LogP contribution in [0.3, 0.4) is 0 Å². The normalized spacial score (nSPS) is 13.8. The highest BCUT2D eigenvalue weighted by molar-refractivity contribution is 5.81. The Balaban J connectivity index is 1.57. The van der Waals surface area contributed by atoms with Gasteiger partial charge < -0.3 is 23.7 Å². The number of hydrogen-bond donors (Lipinski definition) is 0. The van der Waals surface area contributed by atoms with Gasteiger partial charge in [0, 0.05) is 6.61 Å². The van der Waals surface area contributed by atoms with Gasteiger partial charge in [-0.05, 0) is 48.6 Å². The molecule has 0 radical (unpaired) electrons. The number of methoxy groups -OCH3 is 1. The van der Waals surface area contributed by atoms with Crippen LogP contribution >= 0.6 is 0 Å². The van der Waals surface area contributed by atoms with Crippen molar-refractivity contribution >= 4 is 5.97 Å². The smallest absolute Gasteiger partial charge is 0.430 e. The predicted octanol–water partition coefficient (Wildman–Crippen LogP) is 6.66. The van der Waals surface area contributed by atoms with Crippen LogP contribution in [0.4, 0.5) is 13.2 Å². The van der Waals surface area contributed by atoms with Crippen LogP contribution in [0.5, 0.6) is 5.75 Å². The second-order valence-electron chi connectivity index (χ2n) is 9.33. The lowest BCUT2D eigenvalue weighted by Gasteiger charge is -2.33. The minimum Gasteiger partial charge on any atom is -0.497 e. The second kappa shape index (κ2) is 15.4. The minimum atomic E-state index is -5.08. The molecule has 0 N–H and O–H groups in total. The summed E-state index contributed by atoms with van der Waals surface area (Å²) in [4.78, 5) is 13.0. The summed E-state index contributed by atoms with van der Waals surface area (Å²) in [5.41, 5.74) is -1.27. The highest BCUT2D eigenvalue weighted by Gasteiger charge is 2.63. The maximum atomic E-state index is 14.5. The summed E-state index contributed by atoms with van der Waals surface area (Å²) in [5.74, 6) is -0.795. The highest BCUT2D eigenvalue weighted by Crippen LogP contribution is 2.37. The molecule has 3 rings (SSSR count). The van der Waals surface area contributed by atoms with E-state index in [2.05, 4.69) is 0 Å². The maximum absolute atomic E-state index is 14.5. The first-order chi connectivity index (χ1) is 19.2. The molecule has 0 aliphatic carbocycles. The number of hydrogen-bond acceptors (Lipinski definition) is 6. The number of esters is 1. The molecular formula is C31H35F3O6. The van der Waals surface area contributed by atoms with E-state index in [1.807, 2.05) is 31.2 Å². The number of alkyl halides is 3. The van der Waals surface area contributed by atoms with Crippen molar-refractivity contribution < 1.29 is 41.7 Å². The molecule has 0 saturated heterocycles. The first-order valence-corrected chi connectivity index (χ1v) is 13.0. The number of benzene rings is 3. The Morgan fingerprint density at radius 3 is 1.95 bits per heavy atom. The van der Waals surface area contributed by atoms with E-state index in [1.54, 1.807) is 67.8 Å². The monoisotopic (exact) mass is 560 g/mol. The van der Waals surface area contributed by atoms with Crippen LogP contribution in [0.15, 0.2) is 84.9 Å². The van der Waals surface area contributed by atoms with Gasteiger partial charge in [0.15, 0.2) is 0 Å². The molecule has 0 spiro atoms. The van der Waals surface area contributed by atoms with E-state index in [4.69, 9.17) is 23.7 Å². The quantitative estimate of drug-likeness (QED) is 0.144. The molecular weight excluding hydrogens is 525 g/mol. The topological polar surface area (TPSA) is 63.2 Å². The number of halogens is 3. The zero-order valence-corrected chi connectivity index (χ0v) is 22.7.